The number of allylic oxidation sites excluding steroid dienone is 2. The quantitative estimate of drug-likeness (QED) is 0.244. The molecular formula is C33H33NO. The molecule has 176 valence electrons. The van der Waals surface area contributed by atoms with E-state index in [0.29, 0.717) is 0 Å². The van der Waals surface area contributed by atoms with Gasteiger partial charge in [0.05, 0.1) is 12.8 Å². The molecule has 0 saturated heterocycles. The highest BCUT2D eigenvalue weighted by atomic mass is 16.5. The normalized spacial score (nSPS) is 11.3. The van der Waals surface area contributed by atoms with Crippen molar-refractivity contribution in [3.63, 3.8) is 0 Å². The van der Waals surface area contributed by atoms with Crippen LogP contribution in [0.5, 0.6) is 5.75 Å². The monoisotopic (exact) mass is 459 g/mol. The summed E-state index contributed by atoms with van der Waals surface area (Å²) in [6, 6.07) is 31.9. The first-order valence-corrected chi connectivity index (χ1v) is 12.1. The van der Waals surface area contributed by atoms with Gasteiger partial charge < -0.3 is 9.64 Å². The molecule has 4 rings (SSSR count). The minimum atomic E-state index is 0.856. The third kappa shape index (κ3) is 5.73. The number of methoxy groups -OCH3 is 1. The standard InChI is InChI=1S/C33H33NO/c1-5-28-17-11-12-25(2)33(28)34(30-20-22-32(35-4)23-21-30)31-19-18-29(26(3)24-31)16-10-9-15-27-13-7-6-8-14-27/h6-24H,5H2,1-4H3/b15-9+,16-10+. The molecule has 4 aromatic carbocycles. The van der Waals surface area contributed by atoms with Gasteiger partial charge in [0, 0.05) is 11.4 Å². The first-order chi connectivity index (χ1) is 17.1. The van der Waals surface area contributed by atoms with E-state index in [1.807, 2.05) is 18.2 Å². The third-order valence-electron chi connectivity index (χ3n) is 6.24. The van der Waals surface area contributed by atoms with Crippen LogP contribution in [0.1, 0.15) is 34.7 Å². The summed E-state index contributed by atoms with van der Waals surface area (Å²) in [5, 5.41) is 0. The van der Waals surface area contributed by atoms with Gasteiger partial charge in [-0.2, -0.15) is 0 Å². The van der Waals surface area contributed by atoms with Crippen molar-refractivity contribution in [2.75, 3.05) is 12.0 Å². The van der Waals surface area contributed by atoms with Crippen LogP contribution in [0.2, 0.25) is 0 Å². The number of nitrogens with zero attached hydrogens (tertiary/aromatic N) is 1. The summed E-state index contributed by atoms with van der Waals surface area (Å²) in [4.78, 5) is 2.36. The van der Waals surface area contributed by atoms with Gasteiger partial charge in [0.25, 0.3) is 0 Å². The number of hydrogen-bond acceptors (Lipinski definition) is 2. The SMILES string of the molecule is CCc1cccc(C)c1N(c1ccc(OC)cc1)c1ccc(/C=C/C=C/c2ccccc2)c(C)c1. The van der Waals surface area contributed by atoms with Crippen LogP contribution in [0.15, 0.2) is 103 Å². The molecule has 2 heteroatoms. The zero-order chi connectivity index (χ0) is 24.6. The number of rotatable bonds is 8. The molecule has 35 heavy (non-hydrogen) atoms. The Kier molecular flexibility index (Phi) is 7.84. The van der Waals surface area contributed by atoms with Crippen molar-refractivity contribution in [3.8, 4) is 5.75 Å². The maximum absolute atomic E-state index is 5.41. The average Bonchev–Trinajstić information content (AvgIpc) is 2.89. The fourth-order valence-corrected chi connectivity index (χ4v) is 4.34. The van der Waals surface area contributed by atoms with E-state index in [2.05, 4.69) is 123 Å². The zero-order valence-corrected chi connectivity index (χ0v) is 21.0. The van der Waals surface area contributed by atoms with Crippen molar-refractivity contribution in [2.24, 2.45) is 0 Å². The fraction of sp³-hybridized carbons (Fsp3) is 0.152. The molecule has 0 aromatic heterocycles. The third-order valence-corrected chi connectivity index (χ3v) is 6.24. The van der Waals surface area contributed by atoms with E-state index in [-0.39, 0.29) is 0 Å². The highest BCUT2D eigenvalue weighted by Gasteiger charge is 2.18. The van der Waals surface area contributed by atoms with Gasteiger partial charge in [-0.25, -0.2) is 0 Å². The molecule has 0 atom stereocenters. The minimum Gasteiger partial charge on any atom is -0.497 e. The van der Waals surface area contributed by atoms with Gasteiger partial charge in [-0.1, -0.05) is 85.8 Å². The molecule has 0 spiro atoms. The number of aryl methyl sites for hydroxylation is 3. The van der Waals surface area contributed by atoms with Crippen LogP contribution in [-0.4, -0.2) is 7.11 Å². The molecule has 2 nitrogen and oxygen atoms in total. The van der Waals surface area contributed by atoms with Gasteiger partial charge in [-0.05, 0) is 84.5 Å². The molecular weight excluding hydrogens is 426 g/mol. The van der Waals surface area contributed by atoms with Crippen molar-refractivity contribution in [1.82, 2.24) is 0 Å². The molecule has 0 radical (unpaired) electrons. The van der Waals surface area contributed by atoms with E-state index in [0.717, 1.165) is 23.5 Å². The van der Waals surface area contributed by atoms with Gasteiger partial charge in [0.1, 0.15) is 5.75 Å². The van der Waals surface area contributed by atoms with Crippen molar-refractivity contribution >= 4 is 29.2 Å². The van der Waals surface area contributed by atoms with E-state index in [9.17, 15) is 0 Å². The zero-order valence-electron chi connectivity index (χ0n) is 21.0. The van der Waals surface area contributed by atoms with Crippen LogP contribution in [-0.2, 0) is 6.42 Å². The lowest BCUT2D eigenvalue weighted by molar-refractivity contribution is 0.415. The lowest BCUT2D eigenvalue weighted by atomic mass is 10.0. The van der Waals surface area contributed by atoms with Crippen molar-refractivity contribution in [3.05, 3.63) is 131 Å². The fourth-order valence-electron chi connectivity index (χ4n) is 4.34. The van der Waals surface area contributed by atoms with Gasteiger partial charge in [-0.15, -0.1) is 0 Å². The highest BCUT2D eigenvalue weighted by molar-refractivity contribution is 5.81. The van der Waals surface area contributed by atoms with Crippen LogP contribution < -0.4 is 9.64 Å². The topological polar surface area (TPSA) is 12.5 Å². The Balaban J connectivity index is 1.70. The molecule has 0 aliphatic heterocycles. The molecule has 0 unspecified atom stereocenters. The van der Waals surface area contributed by atoms with Crippen molar-refractivity contribution in [1.29, 1.82) is 0 Å². The summed E-state index contributed by atoms with van der Waals surface area (Å²) >= 11 is 0. The van der Waals surface area contributed by atoms with E-state index in [1.165, 1.54) is 33.5 Å². The first-order valence-electron chi connectivity index (χ1n) is 12.1. The summed E-state index contributed by atoms with van der Waals surface area (Å²) in [7, 11) is 1.70. The molecule has 0 aliphatic rings. The number of benzene rings is 4. The van der Waals surface area contributed by atoms with Gasteiger partial charge >= 0.3 is 0 Å². The maximum atomic E-state index is 5.41. The predicted octanol–water partition coefficient (Wildman–Crippen LogP) is 9.07. The molecule has 0 saturated carbocycles. The summed E-state index contributed by atoms with van der Waals surface area (Å²) < 4.78 is 5.41. The van der Waals surface area contributed by atoms with E-state index in [1.54, 1.807) is 7.11 Å². The molecule has 0 amide bonds. The highest BCUT2D eigenvalue weighted by Crippen LogP contribution is 2.40. The molecule has 0 fully saturated rings. The van der Waals surface area contributed by atoms with E-state index < -0.39 is 0 Å². The molecule has 0 heterocycles. The summed E-state index contributed by atoms with van der Waals surface area (Å²) in [6.45, 7) is 6.58. The second-order valence-corrected chi connectivity index (χ2v) is 8.64. The van der Waals surface area contributed by atoms with Crippen LogP contribution in [0, 0.1) is 13.8 Å². The molecule has 0 N–H and O–H groups in total. The summed E-state index contributed by atoms with van der Waals surface area (Å²) in [5.41, 5.74) is 9.73. The van der Waals surface area contributed by atoms with Gasteiger partial charge in [-0.3, -0.25) is 0 Å². The van der Waals surface area contributed by atoms with Gasteiger partial charge in [0.2, 0.25) is 0 Å². The second-order valence-electron chi connectivity index (χ2n) is 8.64. The number of ether oxygens (including phenoxy) is 1. The number of hydrogen-bond donors (Lipinski definition) is 0. The summed E-state index contributed by atoms with van der Waals surface area (Å²) in [5.74, 6) is 0.856. The number of anilines is 3. The maximum Gasteiger partial charge on any atom is 0.119 e. The molecule has 4 aromatic rings. The average molecular weight is 460 g/mol. The Bertz CT molecular complexity index is 1320. The van der Waals surface area contributed by atoms with E-state index in [4.69, 9.17) is 4.74 Å². The first kappa shape index (κ1) is 24.1. The Hall–Kier alpha value is -4.04. The Morgan fingerprint density at radius 3 is 2.11 bits per heavy atom. The van der Waals surface area contributed by atoms with Gasteiger partial charge in [0.15, 0.2) is 0 Å². The second kappa shape index (κ2) is 11.4. The number of para-hydroxylation sites is 1. The van der Waals surface area contributed by atoms with E-state index >= 15 is 0 Å². The van der Waals surface area contributed by atoms with Crippen LogP contribution >= 0.6 is 0 Å². The van der Waals surface area contributed by atoms with Crippen LogP contribution in [0.3, 0.4) is 0 Å². The van der Waals surface area contributed by atoms with Crippen LogP contribution in [0.25, 0.3) is 12.2 Å². The minimum absolute atomic E-state index is 0.856. The lowest BCUT2D eigenvalue weighted by Crippen LogP contribution is -2.14. The Labute approximate surface area is 209 Å². The van der Waals surface area contributed by atoms with Crippen molar-refractivity contribution in [2.45, 2.75) is 27.2 Å². The van der Waals surface area contributed by atoms with Crippen LogP contribution in [0.4, 0.5) is 17.1 Å². The Morgan fingerprint density at radius 2 is 1.43 bits per heavy atom. The smallest absolute Gasteiger partial charge is 0.119 e. The summed E-state index contributed by atoms with van der Waals surface area (Å²) in [6.07, 6.45) is 9.45. The largest absolute Gasteiger partial charge is 0.497 e. The molecule has 0 bridgehead atoms. The lowest BCUT2D eigenvalue weighted by Gasteiger charge is -2.30. The predicted molar refractivity (Wildman–Crippen MR) is 151 cm³/mol. The van der Waals surface area contributed by atoms with Crippen molar-refractivity contribution < 1.29 is 4.74 Å². The Morgan fingerprint density at radius 1 is 0.714 bits per heavy atom. The molecule has 0 aliphatic carbocycles.